The fourth-order valence-electron chi connectivity index (χ4n) is 1.90. The normalized spacial score (nSPS) is 28.7. The summed E-state index contributed by atoms with van der Waals surface area (Å²) in [4.78, 5) is 23.9. The molecule has 1 amide bonds. The van der Waals surface area contributed by atoms with E-state index in [0.29, 0.717) is 0 Å². The summed E-state index contributed by atoms with van der Waals surface area (Å²) < 4.78 is 4.93. The van der Waals surface area contributed by atoms with E-state index in [1.165, 1.54) is 4.90 Å². The van der Waals surface area contributed by atoms with Crippen LogP contribution in [-0.4, -0.2) is 47.2 Å². The number of amides is 1. The van der Waals surface area contributed by atoms with E-state index in [-0.39, 0.29) is 25.2 Å². The Hall–Kier alpha value is -1.10. The van der Waals surface area contributed by atoms with Crippen LogP contribution in [0.3, 0.4) is 0 Å². The van der Waals surface area contributed by atoms with Crippen molar-refractivity contribution in [3.05, 3.63) is 0 Å². The van der Waals surface area contributed by atoms with Crippen LogP contribution < -0.4 is 0 Å². The van der Waals surface area contributed by atoms with E-state index in [1.807, 2.05) is 0 Å². The minimum atomic E-state index is -0.968. The number of hydrogen-bond donors (Lipinski definition) is 1. The van der Waals surface area contributed by atoms with Gasteiger partial charge in [-0.05, 0) is 19.3 Å². The van der Waals surface area contributed by atoms with Crippen LogP contribution in [0.5, 0.6) is 0 Å². The quantitative estimate of drug-likeness (QED) is 0.671. The zero-order valence-electron chi connectivity index (χ0n) is 7.81. The van der Waals surface area contributed by atoms with Gasteiger partial charge in [-0.15, -0.1) is 0 Å². The third kappa shape index (κ3) is 1.48. The van der Waals surface area contributed by atoms with E-state index in [9.17, 15) is 9.59 Å². The molecule has 0 aromatic heterocycles. The molecule has 0 spiro atoms. The third-order valence-corrected chi connectivity index (χ3v) is 2.88. The van der Waals surface area contributed by atoms with Gasteiger partial charge in [0.25, 0.3) is 0 Å². The first kappa shape index (κ1) is 9.45. The summed E-state index contributed by atoms with van der Waals surface area (Å²) in [6, 6.07) is -0.644. The van der Waals surface area contributed by atoms with Crippen molar-refractivity contribution in [2.45, 2.75) is 31.3 Å². The van der Waals surface area contributed by atoms with Gasteiger partial charge in [0, 0.05) is 6.04 Å². The molecule has 5 nitrogen and oxygen atoms in total. The van der Waals surface area contributed by atoms with Crippen molar-refractivity contribution in [1.29, 1.82) is 0 Å². The van der Waals surface area contributed by atoms with Crippen molar-refractivity contribution in [2.24, 2.45) is 0 Å². The van der Waals surface area contributed by atoms with Gasteiger partial charge in [0.05, 0.1) is 6.61 Å². The molecule has 2 rings (SSSR count). The Bertz CT molecular complexity index is 262. The average Bonchev–Trinajstić information content (AvgIpc) is 2.04. The maximum Gasteiger partial charge on any atom is 0.328 e. The molecule has 0 aromatic carbocycles. The summed E-state index contributed by atoms with van der Waals surface area (Å²) in [7, 11) is 0. The number of nitrogens with zero attached hydrogens (tertiary/aromatic N) is 1. The first-order valence-electron chi connectivity index (χ1n) is 4.82. The van der Waals surface area contributed by atoms with Crippen LogP contribution in [0, 0.1) is 0 Å². The molecule has 1 saturated carbocycles. The molecule has 0 bridgehead atoms. The Kier molecular flexibility index (Phi) is 2.41. The van der Waals surface area contributed by atoms with Gasteiger partial charge in [0.15, 0.2) is 6.04 Å². The molecular weight excluding hydrogens is 186 g/mol. The molecule has 1 heterocycles. The summed E-state index contributed by atoms with van der Waals surface area (Å²) >= 11 is 0. The SMILES string of the molecule is O=C(O)C1COCC(=O)N1C1CCC1. The highest BCUT2D eigenvalue weighted by atomic mass is 16.5. The van der Waals surface area contributed by atoms with Crippen molar-refractivity contribution >= 4 is 11.9 Å². The van der Waals surface area contributed by atoms with Gasteiger partial charge in [-0.3, -0.25) is 4.79 Å². The Labute approximate surface area is 81.6 Å². The molecule has 0 radical (unpaired) electrons. The van der Waals surface area contributed by atoms with Crippen molar-refractivity contribution < 1.29 is 19.4 Å². The smallest absolute Gasteiger partial charge is 0.328 e. The highest BCUT2D eigenvalue weighted by molar-refractivity contribution is 5.85. The van der Waals surface area contributed by atoms with E-state index < -0.39 is 12.0 Å². The molecule has 1 aliphatic carbocycles. The summed E-state index contributed by atoms with van der Waals surface area (Å²) in [6.07, 6.45) is 2.94. The number of carboxylic acid groups (broad SMARTS) is 1. The second-order valence-electron chi connectivity index (χ2n) is 3.75. The molecule has 5 heteroatoms. The molecule has 1 atom stereocenters. The Balaban J connectivity index is 2.12. The van der Waals surface area contributed by atoms with E-state index in [0.717, 1.165) is 19.3 Å². The highest BCUT2D eigenvalue weighted by Gasteiger charge is 2.40. The number of rotatable bonds is 2. The van der Waals surface area contributed by atoms with Gasteiger partial charge in [0.1, 0.15) is 6.61 Å². The van der Waals surface area contributed by atoms with Gasteiger partial charge in [0.2, 0.25) is 5.91 Å². The number of carbonyl (C=O) groups excluding carboxylic acids is 1. The lowest BCUT2D eigenvalue weighted by Gasteiger charge is -2.42. The number of aliphatic carboxylic acids is 1. The third-order valence-electron chi connectivity index (χ3n) is 2.88. The van der Waals surface area contributed by atoms with Gasteiger partial charge in [-0.2, -0.15) is 0 Å². The highest BCUT2D eigenvalue weighted by Crippen LogP contribution is 2.28. The number of carboxylic acids is 1. The first-order chi connectivity index (χ1) is 6.70. The molecule has 0 aromatic rings. The average molecular weight is 199 g/mol. The predicted octanol–water partition coefficient (Wildman–Crippen LogP) is -0.149. The summed E-state index contributed by atoms with van der Waals surface area (Å²) in [6.45, 7) is 0.151. The number of carbonyl (C=O) groups is 2. The van der Waals surface area contributed by atoms with Crippen LogP contribution in [0.2, 0.25) is 0 Å². The minimum absolute atomic E-state index is 0.0281. The summed E-state index contributed by atoms with van der Waals surface area (Å²) in [5.41, 5.74) is 0. The van der Waals surface area contributed by atoms with E-state index in [2.05, 4.69) is 0 Å². The minimum Gasteiger partial charge on any atom is -0.480 e. The second kappa shape index (κ2) is 3.57. The fraction of sp³-hybridized carbons (Fsp3) is 0.778. The second-order valence-corrected chi connectivity index (χ2v) is 3.75. The van der Waals surface area contributed by atoms with Crippen LogP contribution >= 0.6 is 0 Å². The molecule has 1 N–H and O–H groups in total. The Morgan fingerprint density at radius 2 is 2.21 bits per heavy atom. The van der Waals surface area contributed by atoms with E-state index >= 15 is 0 Å². The van der Waals surface area contributed by atoms with Crippen molar-refractivity contribution in [3.8, 4) is 0 Å². The van der Waals surface area contributed by atoms with Gasteiger partial charge in [-0.25, -0.2) is 4.79 Å². The van der Waals surface area contributed by atoms with E-state index in [1.54, 1.807) is 0 Å². The van der Waals surface area contributed by atoms with Crippen LogP contribution in [-0.2, 0) is 14.3 Å². The predicted molar refractivity (Wildman–Crippen MR) is 46.7 cm³/mol. The van der Waals surface area contributed by atoms with Gasteiger partial charge in [-0.1, -0.05) is 0 Å². The number of morpholine rings is 1. The first-order valence-corrected chi connectivity index (χ1v) is 4.82. The standard InChI is InChI=1S/C9H13NO4/c11-8-5-14-4-7(9(12)13)10(8)6-2-1-3-6/h6-7H,1-5H2,(H,12,13). The molecule has 1 aliphatic heterocycles. The molecule has 1 saturated heterocycles. The number of ether oxygens (including phenoxy) is 1. The molecule has 78 valence electrons. The molecule has 1 unspecified atom stereocenters. The maximum absolute atomic E-state index is 11.5. The van der Waals surface area contributed by atoms with E-state index in [4.69, 9.17) is 9.84 Å². The van der Waals surface area contributed by atoms with Crippen molar-refractivity contribution in [1.82, 2.24) is 4.90 Å². The Morgan fingerprint density at radius 3 is 2.71 bits per heavy atom. The van der Waals surface area contributed by atoms with Crippen LogP contribution in [0.25, 0.3) is 0 Å². The lowest BCUT2D eigenvalue weighted by atomic mass is 9.90. The number of hydrogen-bond acceptors (Lipinski definition) is 3. The van der Waals surface area contributed by atoms with Crippen molar-refractivity contribution in [2.75, 3.05) is 13.2 Å². The van der Waals surface area contributed by atoms with Crippen molar-refractivity contribution in [3.63, 3.8) is 0 Å². The van der Waals surface area contributed by atoms with Crippen LogP contribution in [0.4, 0.5) is 0 Å². The maximum atomic E-state index is 11.5. The lowest BCUT2D eigenvalue weighted by molar-refractivity contribution is -0.168. The van der Waals surface area contributed by atoms with Crippen LogP contribution in [0.15, 0.2) is 0 Å². The monoisotopic (exact) mass is 199 g/mol. The molecular formula is C9H13NO4. The lowest BCUT2D eigenvalue weighted by Crippen LogP contribution is -2.59. The summed E-state index contributed by atoms with van der Waals surface area (Å²) in [5, 5.41) is 8.92. The zero-order valence-corrected chi connectivity index (χ0v) is 7.81. The molecule has 2 aliphatic rings. The molecule has 2 fully saturated rings. The topological polar surface area (TPSA) is 66.8 Å². The van der Waals surface area contributed by atoms with Gasteiger partial charge < -0.3 is 14.7 Å². The van der Waals surface area contributed by atoms with Crippen LogP contribution in [0.1, 0.15) is 19.3 Å². The fourth-order valence-corrected chi connectivity index (χ4v) is 1.90. The zero-order chi connectivity index (χ0) is 10.1. The van der Waals surface area contributed by atoms with Gasteiger partial charge >= 0.3 is 5.97 Å². The largest absolute Gasteiger partial charge is 0.480 e. The Morgan fingerprint density at radius 1 is 1.50 bits per heavy atom. The molecule has 14 heavy (non-hydrogen) atoms. The summed E-state index contributed by atoms with van der Waals surface area (Å²) in [5.74, 6) is -1.15.